The Kier molecular flexibility index (Phi) is 4.05. The highest BCUT2D eigenvalue weighted by Crippen LogP contribution is 2.08. The van der Waals surface area contributed by atoms with Crippen molar-refractivity contribution in [1.29, 1.82) is 0 Å². The summed E-state index contributed by atoms with van der Waals surface area (Å²) in [6.07, 6.45) is 3.60. The highest BCUT2D eigenvalue weighted by Gasteiger charge is 2.23. The van der Waals surface area contributed by atoms with Gasteiger partial charge in [-0.1, -0.05) is 0 Å². The average Bonchev–Trinajstić information content (AvgIpc) is 3.00. The number of carbonyl (C=O) groups is 1. The number of hydrogen-bond acceptors (Lipinski definition) is 5. The Bertz CT molecular complexity index is 348. The minimum atomic E-state index is -0.193. The van der Waals surface area contributed by atoms with Gasteiger partial charge in [-0.2, -0.15) is 15.4 Å². The molecule has 3 N–H and O–H groups in total. The Balaban J connectivity index is 1.98. The first-order valence-electron chi connectivity index (χ1n) is 5.80. The van der Waals surface area contributed by atoms with Crippen LogP contribution >= 0.6 is 0 Å². The van der Waals surface area contributed by atoms with E-state index < -0.39 is 0 Å². The van der Waals surface area contributed by atoms with Gasteiger partial charge in [-0.3, -0.25) is 4.79 Å². The van der Waals surface area contributed by atoms with Crippen LogP contribution in [0.4, 0.5) is 0 Å². The lowest BCUT2D eigenvalue weighted by molar-refractivity contribution is 0.0700. The fraction of sp³-hybridized carbons (Fsp3) is 0.700. The average molecular weight is 239 g/mol. The van der Waals surface area contributed by atoms with Crippen LogP contribution in [0.15, 0.2) is 6.20 Å². The molecule has 1 aliphatic rings. The molecule has 1 fully saturated rings. The minimum absolute atomic E-state index is 0.0453. The smallest absolute Gasteiger partial charge is 0.276 e. The van der Waals surface area contributed by atoms with Crippen molar-refractivity contribution in [2.75, 3.05) is 26.2 Å². The zero-order valence-electron chi connectivity index (χ0n) is 9.59. The largest absolute Gasteiger partial charge is 0.395 e. The van der Waals surface area contributed by atoms with Crippen LogP contribution < -0.4 is 5.32 Å². The first-order valence-corrected chi connectivity index (χ1v) is 5.80. The van der Waals surface area contributed by atoms with Crippen LogP contribution in [0.3, 0.4) is 0 Å². The van der Waals surface area contributed by atoms with Crippen LogP contribution in [-0.2, 0) is 0 Å². The van der Waals surface area contributed by atoms with Gasteiger partial charge in [-0.25, -0.2) is 0 Å². The molecule has 1 unspecified atom stereocenters. The number of nitrogens with zero attached hydrogens (tertiary/aromatic N) is 3. The van der Waals surface area contributed by atoms with Crippen molar-refractivity contribution in [3.63, 3.8) is 0 Å². The van der Waals surface area contributed by atoms with E-state index in [1.54, 1.807) is 4.90 Å². The molecular weight excluding hydrogens is 222 g/mol. The molecule has 0 aliphatic carbocycles. The van der Waals surface area contributed by atoms with E-state index in [-0.39, 0.29) is 18.2 Å². The van der Waals surface area contributed by atoms with Crippen molar-refractivity contribution >= 4 is 5.91 Å². The van der Waals surface area contributed by atoms with Crippen molar-refractivity contribution < 1.29 is 9.90 Å². The predicted octanol–water partition coefficient (Wildman–Crippen LogP) is -1.01. The van der Waals surface area contributed by atoms with Gasteiger partial charge in [-0.15, -0.1) is 0 Å². The SMILES string of the molecule is O=C(c1cn[nH]n1)N(CCO)CC1CCCN1. The molecule has 1 saturated heterocycles. The molecule has 0 aromatic carbocycles. The van der Waals surface area contributed by atoms with Crippen molar-refractivity contribution in [2.45, 2.75) is 18.9 Å². The van der Waals surface area contributed by atoms with Crippen molar-refractivity contribution in [1.82, 2.24) is 25.6 Å². The molecular formula is C10H17N5O2. The number of aliphatic hydroxyl groups excluding tert-OH is 1. The Morgan fingerprint density at radius 2 is 2.53 bits per heavy atom. The molecule has 1 amide bonds. The summed E-state index contributed by atoms with van der Waals surface area (Å²) in [6, 6.07) is 0.317. The minimum Gasteiger partial charge on any atom is -0.395 e. The lowest BCUT2D eigenvalue weighted by atomic mass is 10.2. The van der Waals surface area contributed by atoms with Crippen LogP contribution in [0, 0.1) is 0 Å². The van der Waals surface area contributed by atoms with E-state index in [1.165, 1.54) is 6.20 Å². The van der Waals surface area contributed by atoms with Gasteiger partial charge in [0.25, 0.3) is 5.91 Å². The van der Waals surface area contributed by atoms with E-state index in [2.05, 4.69) is 20.7 Å². The number of aliphatic hydroxyl groups is 1. The molecule has 0 radical (unpaired) electrons. The lowest BCUT2D eigenvalue weighted by Gasteiger charge is -2.24. The lowest BCUT2D eigenvalue weighted by Crippen LogP contribution is -2.42. The molecule has 2 heterocycles. The maximum absolute atomic E-state index is 12.0. The molecule has 2 rings (SSSR count). The van der Waals surface area contributed by atoms with E-state index in [0.29, 0.717) is 19.1 Å². The molecule has 0 saturated carbocycles. The summed E-state index contributed by atoms with van der Waals surface area (Å²) in [5.41, 5.74) is 0.288. The number of H-pyrrole nitrogens is 1. The highest BCUT2D eigenvalue weighted by molar-refractivity contribution is 5.91. The summed E-state index contributed by atoms with van der Waals surface area (Å²) in [5.74, 6) is -0.193. The highest BCUT2D eigenvalue weighted by atomic mass is 16.3. The summed E-state index contributed by atoms with van der Waals surface area (Å²) in [6.45, 7) is 1.88. The number of rotatable bonds is 5. The molecule has 17 heavy (non-hydrogen) atoms. The number of amides is 1. The zero-order chi connectivity index (χ0) is 12.1. The van der Waals surface area contributed by atoms with E-state index in [9.17, 15) is 4.79 Å². The fourth-order valence-electron chi connectivity index (χ4n) is 2.04. The third kappa shape index (κ3) is 3.01. The third-order valence-corrected chi connectivity index (χ3v) is 2.89. The van der Waals surface area contributed by atoms with Crippen molar-refractivity contribution in [3.8, 4) is 0 Å². The fourth-order valence-corrected chi connectivity index (χ4v) is 2.04. The van der Waals surface area contributed by atoms with Crippen LogP contribution in [0.1, 0.15) is 23.3 Å². The maximum atomic E-state index is 12.0. The second-order valence-corrected chi connectivity index (χ2v) is 4.12. The third-order valence-electron chi connectivity index (χ3n) is 2.89. The van der Waals surface area contributed by atoms with E-state index >= 15 is 0 Å². The van der Waals surface area contributed by atoms with Gasteiger partial charge in [0.05, 0.1) is 12.8 Å². The summed E-state index contributed by atoms with van der Waals surface area (Å²) in [4.78, 5) is 13.7. The van der Waals surface area contributed by atoms with E-state index in [0.717, 1.165) is 19.4 Å². The monoisotopic (exact) mass is 239 g/mol. The topological polar surface area (TPSA) is 94.1 Å². The Morgan fingerprint density at radius 3 is 3.12 bits per heavy atom. The van der Waals surface area contributed by atoms with Crippen molar-refractivity contribution in [2.24, 2.45) is 0 Å². The number of nitrogens with one attached hydrogen (secondary N) is 2. The van der Waals surface area contributed by atoms with Crippen LogP contribution in [0.5, 0.6) is 0 Å². The second kappa shape index (κ2) is 5.74. The molecule has 0 spiro atoms. The molecule has 1 aliphatic heterocycles. The second-order valence-electron chi connectivity index (χ2n) is 4.12. The van der Waals surface area contributed by atoms with Crippen LogP contribution in [0.25, 0.3) is 0 Å². The normalized spacial score (nSPS) is 19.5. The van der Waals surface area contributed by atoms with Crippen LogP contribution in [0.2, 0.25) is 0 Å². The Labute approximate surface area is 99.2 Å². The van der Waals surface area contributed by atoms with Gasteiger partial charge in [0.15, 0.2) is 5.69 Å². The van der Waals surface area contributed by atoms with Crippen LogP contribution in [-0.4, -0.2) is 63.6 Å². The molecule has 0 bridgehead atoms. The number of aromatic nitrogens is 3. The number of hydrogen-bond donors (Lipinski definition) is 3. The summed E-state index contributed by atoms with van der Waals surface area (Å²) < 4.78 is 0. The van der Waals surface area contributed by atoms with Gasteiger partial charge in [0, 0.05) is 19.1 Å². The maximum Gasteiger partial charge on any atom is 0.276 e. The van der Waals surface area contributed by atoms with E-state index in [1.807, 2.05) is 0 Å². The molecule has 7 nitrogen and oxygen atoms in total. The standard InChI is InChI=1S/C10H17N5O2/c16-5-4-15(7-8-2-1-3-11-8)10(17)9-6-12-14-13-9/h6,8,11,16H,1-5,7H2,(H,12,13,14). The Hall–Kier alpha value is -1.47. The van der Waals surface area contributed by atoms with Gasteiger partial charge < -0.3 is 15.3 Å². The van der Waals surface area contributed by atoms with Gasteiger partial charge >= 0.3 is 0 Å². The molecule has 7 heteroatoms. The van der Waals surface area contributed by atoms with Gasteiger partial charge in [0.1, 0.15) is 0 Å². The molecule has 1 atom stereocenters. The van der Waals surface area contributed by atoms with Gasteiger partial charge in [-0.05, 0) is 19.4 Å². The number of aromatic amines is 1. The van der Waals surface area contributed by atoms with E-state index in [4.69, 9.17) is 5.11 Å². The zero-order valence-corrected chi connectivity index (χ0v) is 9.59. The molecule has 1 aromatic heterocycles. The molecule has 94 valence electrons. The van der Waals surface area contributed by atoms with Gasteiger partial charge in [0.2, 0.25) is 0 Å². The first kappa shape index (κ1) is 12.0. The first-order chi connectivity index (χ1) is 8.31. The summed E-state index contributed by atoms with van der Waals surface area (Å²) >= 11 is 0. The predicted molar refractivity (Wildman–Crippen MR) is 60.4 cm³/mol. The Morgan fingerprint density at radius 1 is 1.65 bits per heavy atom. The summed E-state index contributed by atoms with van der Waals surface area (Å²) in [7, 11) is 0. The van der Waals surface area contributed by atoms with Crippen molar-refractivity contribution in [3.05, 3.63) is 11.9 Å². The number of carbonyl (C=O) groups excluding carboxylic acids is 1. The summed E-state index contributed by atoms with van der Waals surface area (Å²) in [5, 5.41) is 22.1. The molecule has 1 aromatic rings. The quantitative estimate of drug-likeness (QED) is 0.612.